The maximum Gasteiger partial charge on any atom is 0.233 e. The highest BCUT2D eigenvalue weighted by Crippen LogP contribution is 2.28. The molecular formula is C16H20FN7O. The summed E-state index contributed by atoms with van der Waals surface area (Å²) in [6.45, 7) is 2.79. The van der Waals surface area contributed by atoms with Gasteiger partial charge in [-0.1, -0.05) is 0 Å². The van der Waals surface area contributed by atoms with Crippen LogP contribution >= 0.6 is 0 Å². The summed E-state index contributed by atoms with van der Waals surface area (Å²) in [7, 11) is 1.42. The van der Waals surface area contributed by atoms with Crippen LogP contribution in [0.4, 0.5) is 27.9 Å². The Kier molecular flexibility index (Phi) is 4.00. The van der Waals surface area contributed by atoms with Gasteiger partial charge >= 0.3 is 0 Å². The lowest BCUT2D eigenvalue weighted by Crippen LogP contribution is -2.27. The molecule has 2 saturated heterocycles. The summed E-state index contributed by atoms with van der Waals surface area (Å²) in [6.07, 6.45) is 2.45. The number of nitrogens with one attached hydrogen (secondary N) is 1. The van der Waals surface area contributed by atoms with Gasteiger partial charge in [0.25, 0.3) is 0 Å². The van der Waals surface area contributed by atoms with E-state index in [1.165, 1.54) is 32.1 Å². The molecule has 0 amide bonds. The largest absolute Gasteiger partial charge is 0.494 e. The standard InChI is InChI=1S/C16H20FN7O/c1-25-13-5-4-10(7-12(13)17)19-15-20-14(18)21-16(22-15)24-8-11-3-2-6-23(11)9-24/h4-5,7,11H,2-3,6,8-9H2,1H3,(H3,18,19,20,21,22). The van der Waals surface area contributed by atoms with Crippen molar-refractivity contribution in [3.05, 3.63) is 24.0 Å². The van der Waals surface area contributed by atoms with Gasteiger partial charge in [0, 0.05) is 30.9 Å². The molecule has 0 bridgehead atoms. The van der Waals surface area contributed by atoms with Crippen molar-refractivity contribution in [2.45, 2.75) is 18.9 Å². The van der Waals surface area contributed by atoms with E-state index in [1.807, 2.05) is 0 Å². The summed E-state index contributed by atoms with van der Waals surface area (Å²) in [6, 6.07) is 5.11. The number of hydrogen-bond acceptors (Lipinski definition) is 8. The second-order valence-electron chi connectivity index (χ2n) is 6.26. The Labute approximate surface area is 144 Å². The quantitative estimate of drug-likeness (QED) is 0.863. The van der Waals surface area contributed by atoms with E-state index in [0.717, 1.165) is 19.8 Å². The smallest absolute Gasteiger partial charge is 0.233 e. The minimum Gasteiger partial charge on any atom is -0.494 e. The normalized spacial score (nSPS) is 19.9. The van der Waals surface area contributed by atoms with Crippen LogP contribution in [0.5, 0.6) is 5.75 Å². The topological polar surface area (TPSA) is 92.4 Å². The van der Waals surface area contributed by atoms with E-state index in [4.69, 9.17) is 10.5 Å². The molecule has 1 aromatic heterocycles. The van der Waals surface area contributed by atoms with E-state index in [2.05, 4.69) is 30.1 Å². The third-order valence-corrected chi connectivity index (χ3v) is 4.61. The summed E-state index contributed by atoms with van der Waals surface area (Å²) in [5.41, 5.74) is 6.35. The third-order valence-electron chi connectivity index (χ3n) is 4.61. The molecule has 3 N–H and O–H groups in total. The lowest BCUT2D eigenvalue weighted by Gasteiger charge is -2.17. The molecule has 2 aliphatic heterocycles. The molecule has 25 heavy (non-hydrogen) atoms. The number of methoxy groups -OCH3 is 1. The Morgan fingerprint density at radius 1 is 1.32 bits per heavy atom. The average Bonchev–Trinajstić information content (AvgIpc) is 3.16. The first-order chi connectivity index (χ1) is 12.1. The van der Waals surface area contributed by atoms with Crippen molar-refractivity contribution < 1.29 is 9.13 Å². The van der Waals surface area contributed by atoms with Crippen LogP contribution < -0.4 is 20.7 Å². The Balaban J connectivity index is 1.54. The molecule has 2 fully saturated rings. The molecule has 8 nitrogen and oxygen atoms in total. The summed E-state index contributed by atoms with van der Waals surface area (Å²) in [5.74, 6) is 0.681. The number of benzene rings is 1. The molecule has 1 aromatic carbocycles. The fraction of sp³-hybridized carbons (Fsp3) is 0.438. The van der Waals surface area contributed by atoms with E-state index >= 15 is 0 Å². The molecule has 3 heterocycles. The SMILES string of the molecule is COc1ccc(Nc2nc(N)nc(N3CC4CCCN4C3)n2)cc1F. The Hall–Kier alpha value is -2.68. The number of fused-ring (bicyclic) bond motifs is 1. The van der Waals surface area contributed by atoms with Crippen LogP contribution in [-0.4, -0.2) is 52.8 Å². The van der Waals surface area contributed by atoms with Gasteiger partial charge in [-0.25, -0.2) is 4.39 Å². The first kappa shape index (κ1) is 15.8. The van der Waals surface area contributed by atoms with E-state index in [9.17, 15) is 4.39 Å². The van der Waals surface area contributed by atoms with Gasteiger partial charge in [0.15, 0.2) is 11.6 Å². The van der Waals surface area contributed by atoms with Crippen LogP contribution in [-0.2, 0) is 0 Å². The molecule has 0 aliphatic carbocycles. The maximum absolute atomic E-state index is 13.8. The van der Waals surface area contributed by atoms with Gasteiger partial charge in [-0.2, -0.15) is 15.0 Å². The second-order valence-corrected chi connectivity index (χ2v) is 6.26. The van der Waals surface area contributed by atoms with Crippen molar-refractivity contribution >= 4 is 23.5 Å². The predicted molar refractivity (Wildman–Crippen MR) is 92.4 cm³/mol. The van der Waals surface area contributed by atoms with E-state index < -0.39 is 5.82 Å². The molecule has 9 heteroatoms. The van der Waals surface area contributed by atoms with E-state index in [-0.39, 0.29) is 11.7 Å². The summed E-state index contributed by atoms with van der Waals surface area (Å²) < 4.78 is 18.7. The van der Waals surface area contributed by atoms with Crippen LogP contribution in [0.1, 0.15) is 12.8 Å². The number of nitrogens with zero attached hydrogens (tertiary/aromatic N) is 5. The molecule has 4 rings (SSSR count). The van der Waals surface area contributed by atoms with Crippen LogP contribution in [0.25, 0.3) is 0 Å². The van der Waals surface area contributed by atoms with Gasteiger partial charge in [-0.15, -0.1) is 0 Å². The zero-order valence-corrected chi connectivity index (χ0v) is 13.9. The molecule has 1 unspecified atom stereocenters. The lowest BCUT2D eigenvalue weighted by molar-refractivity contribution is 0.330. The van der Waals surface area contributed by atoms with Crippen LogP contribution in [0.15, 0.2) is 18.2 Å². The minimum atomic E-state index is -0.463. The zero-order valence-electron chi connectivity index (χ0n) is 13.9. The summed E-state index contributed by atoms with van der Waals surface area (Å²) >= 11 is 0. The Morgan fingerprint density at radius 3 is 2.96 bits per heavy atom. The number of halogens is 1. The number of rotatable bonds is 4. The first-order valence-electron chi connectivity index (χ1n) is 8.23. The average molecular weight is 345 g/mol. The van der Waals surface area contributed by atoms with Crippen molar-refractivity contribution in [1.82, 2.24) is 19.9 Å². The van der Waals surface area contributed by atoms with Gasteiger partial charge in [0.1, 0.15) is 0 Å². The van der Waals surface area contributed by atoms with Crippen LogP contribution in [0, 0.1) is 5.82 Å². The van der Waals surface area contributed by atoms with Crippen molar-refractivity contribution in [3.8, 4) is 5.75 Å². The highest BCUT2D eigenvalue weighted by molar-refractivity contribution is 5.57. The second kappa shape index (κ2) is 6.32. The minimum absolute atomic E-state index is 0.133. The fourth-order valence-corrected chi connectivity index (χ4v) is 3.42. The van der Waals surface area contributed by atoms with E-state index in [1.54, 1.807) is 6.07 Å². The van der Waals surface area contributed by atoms with Crippen molar-refractivity contribution in [1.29, 1.82) is 0 Å². The van der Waals surface area contributed by atoms with Crippen molar-refractivity contribution in [2.75, 3.05) is 42.8 Å². The highest BCUT2D eigenvalue weighted by Gasteiger charge is 2.35. The van der Waals surface area contributed by atoms with E-state index in [0.29, 0.717) is 23.6 Å². The number of anilines is 4. The van der Waals surface area contributed by atoms with Gasteiger partial charge in [-0.05, 0) is 25.0 Å². The molecule has 2 aromatic rings. The highest BCUT2D eigenvalue weighted by atomic mass is 19.1. The molecule has 1 atom stereocenters. The Bertz CT molecular complexity index is 775. The first-order valence-corrected chi connectivity index (χ1v) is 8.23. The molecular weight excluding hydrogens is 325 g/mol. The van der Waals surface area contributed by atoms with Gasteiger partial charge in [0.2, 0.25) is 17.8 Å². The summed E-state index contributed by atoms with van der Waals surface area (Å²) in [4.78, 5) is 17.3. The monoisotopic (exact) mass is 345 g/mol. The molecule has 0 spiro atoms. The lowest BCUT2D eigenvalue weighted by atomic mass is 10.2. The molecule has 132 valence electrons. The number of nitrogen functional groups attached to an aromatic ring is 1. The predicted octanol–water partition coefficient (Wildman–Crippen LogP) is 1.59. The maximum atomic E-state index is 13.8. The third kappa shape index (κ3) is 3.14. The number of ether oxygens (including phenoxy) is 1. The molecule has 0 radical (unpaired) electrons. The van der Waals surface area contributed by atoms with Gasteiger partial charge in [-0.3, -0.25) is 4.90 Å². The fourth-order valence-electron chi connectivity index (χ4n) is 3.42. The number of aromatic nitrogens is 3. The van der Waals surface area contributed by atoms with Gasteiger partial charge < -0.3 is 20.7 Å². The van der Waals surface area contributed by atoms with Crippen LogP contribution in [0.2, 0.25) is 0 Å². The van der Waals surface area contributed by atoms with Crippen LogP contribution in [0.3, 0.4) is 0 Å². The molecule has 2 aliphatic rings. The Morgan fingerprint density at radius 2 is 2.20 bits per heavy atom. The van der Waals surface area contributed by atoms with Crippen molar-refractivity contribution in [2.24, 2.45) is 0 Å². The van der Waals surface area contributed by atoms with Crippen molar-refractivity contribution in [3.63, 3.8) is 0 Å². The summed E-state index contributed by atoms with van der Waals surface area (Å²) in [5, 5.41) is 2.97. The zero-order chi connectivity index (χ0) is 17.4. The number of hydrogen-bond donors (Lipinski definition) is 2. The molecule has 0 saturated carbocycles. The van der Waals surface area contributed by atoms with Gasteiger partial charge in [0.05, 0.1) is 13.8 Å². The number of nitrogens with two attached hydrogens (primary N) is 1.